The highest BCUT2D eigenvalue weighted by Gasteiger charge is 2.31. The third-order valence-electron chi connectivity index (χ3n) is 5.33. The minimum absolute atomic E-state index is 0.0187. The van der Waals surface area contributed by atoms with Crippen molar-refractivity contribution in [2.45, 2.75) is 39.1 Å². The number of ether oxygens (including phenoxy) is 1. The van der Waals surface area contributed by atoms with Crippen molar-refractivity contribution < 1.29 is 35.5 Å². The lowest BCUT2D eigenvalue weighted by atomic mass is 10.1. The maximum Gasteiger partial charge on any atom is 0.573 e. The van der Waals surface area contributed by atoms with E-state index in [1.807, 2.05) is 6.92 Å². The second-order valence-corrected chi connectivity index (χ2v) is 10.5. The van der Waals surface area contributed by atoms with Crippen molar-refractivity contribution in [2.75, 3.05) is 17.3 Å². The van der Waals surface area contributed by atoms with Crippen molar-refractivity contribution in [3.63, 3.8) is 0 Å². The largest absolute Gasteiger partial charge is 0.573 e. The zero-order valence-corrected chi connectivity index (χ0v) is 20.2. The van der Waals surface area contributed by atoms with Crippen LogP contribution in [0.2, 0.25) is 0 Å². The van der Waals surface area contributed by atoms with Gasteiger partial charge in [0.2, 0.25) is 5.95 Å². The Bertz CT molecular complexity index is 1530. The minimum Gasteiger partial charge on any atom is -0.423 e. The molecule has 0 aliphatic rings. The van der Waals surface area contributed by atoms with Crippen LogP contribution in [0.1, 0.15) is 36.5 Å². The molecule has 1 N–H and O–H groups in total. The van der Waals surface area contributed by atoms with Crippen LogP contribution in [0.5, 0.6) is 5.75 Å². The maximum atomic E-state index is 12.5. The molecule has 0 aliphatic carbocycles. The number of ketones is 1. The predicted molar refractivity (Wildman–Crippen MR) is 127 cm³/mol. The molecule has 0 aliphatic heterocycles. The van der Waals surface area contributed by atoms with E-state index in [-0.39, 0.29) is 41.1 Å². The van der Waals surface area contributed by atoms with Gasteiger partial charge < -0.3 is 13.7 Å². The van der Waals surface area contributed by atoms with E-state index in [4.69, 9.17) is 4.42 Å². The Kier molecular flexibility index (Phi) is 6.94. The lowest BCUT2D eigenvalue weighted by molar-refractivity contribution is -0.274. The number of carbonyl (C=O) groups is 1. The fourth-order valence-corrected chi connectivity index (χ4v) is 4.13. The molecule has 2 aromatic heterocycles. The number of hydrogen-bond donors (Lipinski definition) is 1. The number of sulfone groups is 1. The molecule has 0 saturated heterocycles. The number of unbranched alkanes of at least 4 members (excludes halogenated alkanes) is 1. The number of rotatable bonds is 10. The van der Waals surface area contributed by atoms with E-state index >= 15 is 0 Å². The Hall–Kier alpha value is -3.61. The monoisotopic (exact) mass is 524 g/mol. The summed E-state index contributed by atoms with van der Waals surface area (Å²) in [5.41, 5.74) is 1.86. The van der Waals surface area contributed by atoms with Crippen LogP contribution in [0.4, 0.5) is 25.1 Å². The average molecular weight is 525 g/mol. The van der Waals surface area contributed by atoms with Crippen molar-refractivity contribution in [1.29, 1.82) is 0 Å². The van der Waals surface area contributed by atoms with Gasteiger partial charge >= 0.3 is 12.4 Å². The van der Waals surface area contributed by atoms with Crippen molar-refractivity contribution >= 4 is 49.7 Å². The lowest BCUT2D eigenvalue weighted by Crippen LogP contribution is -2.16. The van der Waals surface area contributed by atoms with Gasteiger partial charge in [0.25, 0.3) is 0 Å². The minimum atomic E-state index is -4.85. The van der Waals surface area contributed by atoms with Gasteiger partial charge in [-0.3, -0.25) is 10.1 Å². The second-order valence-electron chi connectivity index (χ2n) is 8.27. The van der Waals surface area contributed by atoms with Gasteiger partial charge in [0.1, 0.15) is 21.1 Å². The molecule has 0 saturated carbocycles. The number of oxazole rings is 1. The Labute approximate surface area is 204 Å². The van der Waals surface area contributed by atoms with E-state index in [2.05, 4.69) is 20.0 Å². The number of alkyl halides is 3. The van der Waals surface area contributed by atoms with Crippen LogP contribution in [-0.2, 0) is 16.4 Å². The van der Waals surface area contributed by atoms with Crippen LogP contribution in [0.15, 0.2) is 40.8 Å². The maximum absolute atomic E-state index is 12.5. The molecule has 4 aromatic rings. The molecular weight excluding hydrogens is 501 g/mol. The summed E-state index contributed by atoms with van der Waals surface area (Å²) >= 11 is 0. The fraction of sp³-hybridized carbons (Fsp3) is 0.348. The van der Waals surface area contributed by atoms with E-state index in [0.717, 1.165) is 31.2 Å². The van der Waals surface area contributed by atoms with Crippen molar-refractivity contribution in [3.8, 4) is 5.75 Å². The summed E-state index contributed by atoms with van der Waals surface area (Å²) in [6.45, 7) is 2.05. The molecule has 0 atom stereocenters. The molecule has 0 radical (unpaired) electrons. The second kappa shape index (κ2) is 9.80. The number of hydrogen-bond acceptors (Lipinski definition) is 8. The standard InChI is InChI=1S/C23H23F3N4O5S/c1-3-4-5-19(31)14-6-9-18-17(12-14)27-21(30(18)10-11-36(2,32)33)29-22-28-16-8-7-15(13-20(16)34-22)35-23(24,25)26/h6-9,12-13H,3-5,10-11H2,1-2H3,(H,27,28,29). The Morgan fingerprint density at radius 1 is 1.14 bits per heavy atom. The van der Waals surface area contributed by atoms with Crippen LogP contribution in [0, 0.1) is 0 Å². The molecule has 36 heavy (non-hydrogen) atoms. The summed E-state index contributed by atoms with van der Waals surface area (Å²) in [4.78, 5) is 21.2. The molecule has 0 unspecified atom stereocenters. The average Bonchev–Trinajstić information content (AvgIpc) is 3.33. The lowest BCUT2D eigenvalue weighted by Gasteiger charge is -2.08. The summed E-state index contributed by atoms with van der Waals surface area (Å²) in [5.74, 6) is -0.450. The Morgan fingerprint density at radius 2 is 1.92 bits per heavy atom. The van der Waals surface area contributed by atoms with Gasteiger partial charge in [-0.1, -0.05) is 13.3 Å². The number of fused-ring (bicyclic) bond motifs is 2. The molecule has 0 fully saturated rings. The number of benzene rings is 2. The number of aromatic nitrogens is 3. The summed E-state index contributed by atoms with van der Waals surface area (Å²) in [7, 11) is -3.31. The van der Waals surface area contributed by atoms with Gasteiger partial charge in [0, 0.05) is 30.9 Å². The number of nitrogens with zero attached hydrogens (tertiary/aromatic N) is 3. The molecule has 192 valence electrons. The molecule has 2 heterocycles. The molecule has 0 amide bonds. The van der Waals surface area contributed by atoms with Gasteiger partial charge in [0.05, 0.1) is 16.8 Å². The first-order chi connectivity index (χ1) is 16.9. The van der Waals surface area contributed by atoms with Gasteiger partial charge in [-0.2, -0.15) is 4.98 Å². The van der Waals surface area contributed by atoms with Crippen LogP contribution in [0.3, 0.4) is 0 Å². The summed E-state index contributed by atoms with van der Waals surface area (Å²) in [6, 6.07) is 8.42. The third kappa shape index (κ3) is 6.14. The number of carbonyl (C=O) groups excluding carboxylic acids is 1. The SMILES string of the molecule is CCCCC(=O)c1ccc2c(c1)nc(Nc1nc3ccc(OC(F)(F)F)cc3o1)n2CCS(C)(=O)=O. The van der Waals surface area contributed by atoms with Gasteiger partial charge in [-0.15, -0.1) is 13.2 Å². The van der Waals surface area contributed by atoms with E-state index in [1.54, 1.807) is 22.8 Å². The topological polar surface area (TPSA) is 116 Å². The highest BCUT2D eigenvalue weighted by atomic mass is 32.2. The fourth-order valence-electron chi connectivity index (χ4n) is 3.61. The van der Waals surface area contributed by atoms with Gasteiger partial charge in [-0.05, 0) is 36.8 Å². The molecule has 9 nitrogen and oxygen atoms in total. The summed E-state index contributed by atoms with van der Waals surface area (Å²) in [6.07, 6.45) is -1.68. The Balaban J connectivity index is 1.69. The zero-order chi connectivity index (χ0) is 26.1. The van der Waals surface area contributed by atoms with E-state index in [1.165, 1.54) is 6.07 Å². The van der Waals surface area contributed by atoms with Crippen LogP contribution in [0.25, 0.3) is 22.1 Å². The molecule has 4 rings (SSSR count). The Morgan fingerprint density at radius 3 is 2.61 bits per heavy atom. The first-order valence-electron chi connectivity index (χ1n) is 11.1. The van der Waals surface area contributed by atoms with E-state index in [9.17, 15) is 26.4 Å². The van der Waals surface area contributed by atoms with Crippen LogP contribution >= 0.6 is 0 Å². The van der Waals surface area contributed by atoms with E-state index < -0.39 is 21.9 Å². The highest BCUT2D eigenvalue weighted by molar-refractivity contribution is 7.90. The predicted octanol–water partition coefficient (Wildman–Crippen LogP) is 5.24. The number of nitrogens with one attached hydrogen (secondary N) is 1. The summed E-state index contributed by atoms with van der Waals surface area (Å²) < 4.78 is 72.2. The summed E-state index contributed by atoms with van der Waals surface area (Å²) in [5, 5.41) is 2.87. The van der Waals surface area contributed by atoms with Gasteiger partial charge in [0.15, 0.2) is 11.4 Å². The molecule has 13 heteroatoms. The smallest absolute Gasteiger partial charge is 0.423 e. The van der Waals surface area contributed by atoms with Gasteiger partial charge in [-0.25, -0.2) is 13.4 Å². The molecular formula is C23H23F3N4O5S. The third-order valence-corrected chi connectivity index (χ3v) is 6.25. The molecule has 2 aromatic carbocycles. The molecule has 0 bridgehead atoms. The van der Waals surface area contributed by atoms with Crippen molar-refractivity contribution in [2.24, 2.45) is 0 Å². The number of anilines is 2. The van der Waals surface area contributed by atoms with Crippen molar-refractivity contribution in [3.05, 3.63) is 42.0 Å². The normalized spacial score (nSPS) is 12.4. The number of aryl methyl sites for hydroxylation is 1. The number of imidazole rings is 1. The van der Waals surface area contributed by atoms with Crippen LogP contribution in [-0.4, -0.2) is 47.1 Å². The highest BCUT2D eigenvalue weighted by Crippen LogP contribution is 2.30. The number of halogens is 3. The first kappa shape index (κ1) is 25.5. The van der Waals surface area contributed by atoms with Crippen molar-refractivity contribution in [1.82, 2.24) is 14.5 Å². The van der Waals surface area contributed by atoms with E-state index in [0.29, 0.717) is 23.0 Å². The van der Waals surface area contributed by atoms with Crippen LogP contribution < -0.4 is 10.1 Å². The quantitative estimate of drug-likeness (QED) is 0.280. The zero-order valence-electron chi connectivity index (χ0n) is 19.4. The first-order valence-corrected chi connectivity index (χ1v) is 13.1. The molecule has 0 spiro atoms. The number of Topliss-reactive ketones (excluding diaryl/α,β-unsaturated/α-hetero) is 1.